The number of carbonyl (C=O) groups excluding carboxylic acids is 11. The molecule has 107 heavy (non-hydrogen) atoms. The molecule has 1 saturated heterocycles. The molecule has 25 heteroatoms. The van der Waals surface area contributed by atoms with Gasteiger partial charge in [-0.1, -0.05) is 216 Å². The standard InChI is InChI=1S/C82H102N10O15/c1-13-52(4)69(74(101)86-62(76(103)104)49-65(94)90-82(56-39-26-17-27-40-56,57-41-28-18-29-42-57)58-43-30-19-31-44-58)88-77(105)80(11,12)91-71(98)61(50-67(96)107-79(8,9)10)84-70(97)60(48-64(93)89-81(53-33-20-14-21-34-53,54-35-22-15-23-36-54)55-37-24-16-25-38-55)85-73(100)68(51(2)3)87-72(99)63-45-32-46-92(63)75(102)59(83)47-66(95)106-78(5,6)7/h14-31,33-44,51-52,59-63,68-69H,13,32,45-50,83H2,1-12H3,(H,84,97)(H,85,100)(H,86,101)(H,87,99)(H,88,105)(H,89,93)(H,90,94)(H,91,98)(H,103,104)/t52-,59-,60-,61-,62-,63-,68-,69-/m0/s1. The van der Waals surface area contributed by atoms with Crippen LogP contribution in [0.4, 0.5) is 0 Å². The Morgan fingerprint density at radius 3 is 1.19 bits per heavy atom. The molecule has 0 aromatic heterocycles. The molecule has 6 aromatic carbocycles. The summed E-state index contributed by atoms with van der Waals surface area (Å²) in [5.74, 6) is -13.1. The van der Waals surface area contributed by atoms with Crippen LogP contribution >= 0.6 is 0 Å². The lowest BCUT2D eigenvalue weighted by Crippen LogP contribution is -2.64. The van der Waals surface area contributed by atoms with Crippen molar-refractivity contribution < 1.29 is 72.1 Å². The fraction of sp³-hybridized carbons (Fsp3) is 0.415. The lowest BCUT2D eigenvalue weighted by molar-refractivity contribution is -0.157. The molecule has 7 rings (SSSR count). The van der Waals surface area contributed by atoms with E-state index in [0.29, 0.717) is 39.8 Å². The number of aliphatic carboxylic acids is 1. The molecule has 11 N–H and O–H groups in total. The number of nitrogens with one attached hydrogen (secondary N) is 8. The van der Waals surface area contributed by atoms with Gasteiger partial charge in [0.2, 0.25) is 53.2 Å². The zero-order chi connectivity index (χ0) is 78.6. The van der Waals surface area contributed by atoms with Crippen molar-refractivity contribution in [3.63, 3.8) is 0 Å². The second-order valence-electron chi connectivity index (χ2n) is 29.8. The zero-order valence-corrected chi connectivity index (χ0v) is 62.9. The fourth-order valence-electron chi connectivity index (χ4n) is 12.8. The third-order valence-electron chi connectivity index (χ3n) is 18.3. The number of rotatable bonds is 33. The molecule has 8 atom stereocenters. The number of esters is 2. The van der Waals surface area contributed by atoms with Crippen molar-refractivity contribution in [2.24, 2.45) is 17.6 Å². The first-order chi connectivity index (χ1) is 50.5. The summed E-state index contributed by atoms with van der Waals surface area (Å²) in [5, 5.41) is 32.6. The van der Waals surface area contributed by atoms with E-state index in [2.05, 4.69) is 42.5 Å². The van der Waals surface area contributed by atoms with E-state index in [0.717, 1.165) is 0 Å². The van der Waals surface area contributed by atoms with Crippen LogP contribution in [0.15, 0.2) is 182 Å². The highest BCUT2D eigenvalue weighted by molar-refractivity contribution is 6.01. The Balaban J connectivity index is 1.18. The van der Waals surface area contributed by atoms with Crippen molar-refractivity contribution in [3.05, 3.63) is 215 Å². The van der Waals surface area contributed by atoms with Gasteiger partial charge in [-0.25, -0.2) is 4.79 Å². The number of benzene rings is 6. The largest absolute Gasteiger partial charge is 0.480 e. The Bertz CT molecular complexity index is 3890. The smallest absolute Gasteiger partial charge is 0.326 e. The fourth-order valence-corrected chi connectivity index (χ4v) is 12.8. The zero-order valence-electron chi connectivity index (χ0n) is 62.9. The van der Waals surface area contributed by atoms with Crippen LogP contribution in [0.2, 0.25) is 0 Å². The third-order valence-corrected chi connectivity index (χ3v) is 18.3. The summed E-state index contributed by atoms with van der Waals surface area (Å²) in [7, 11) is 0. The minimum Gasteiger partial charge on any atom is -0.480 e. The number of nitrogens with zero attached hydrogens (tertiary/aromatic N) is 1. The maximum Gasteiger partial charge on any atom is 0.326 e. The van der Waals surface area contributed by atoms with Crippen LogP contribution in [0, 0.1) is 11.8 Å². The van der Waals surface area contributed by atoms with E-state index in [-0.39, 0.29) is 19.4 Å². The van der Waals surface area contributed by atoms with Crippen LogP contribution < -0.4 is 48.3 Å². The molecule has 1 aliphatic rings. The first-order valence-corrected chi connectivity index (χ1v) is 36.0. The van der Waals surface area contributed by atoms with Crippen molar-refractivity contribution in [1.82, 2.24) is 47.4 Å². The number of ether oxygens (including phenoxy) is 2. The molecular weight excluding hydrogens is 1360 g/mol. The van der Waals surface area contributed by atoms with Crippen molar-refractivity contribution in [2.45, 2.75) is 198 Å². The molecule has 9 amide bonds. The number of carbonyl (C=O) groups is 12. The third kappa shape index (κ3) is 22.3. The van der Waals surface area contributed by atoms with Crippen molar-refractivity contribution in [2.75, 3.05) is 6.54 Å². The summed E-state index contributed by atoms with van der Waals surface area (Å²) in [6.45, 7) is 18.9. The summed E-state index contributed by atoms with van der Waals surface area (Å²) >= 11 is 0. The van der Waals surface area contributed by atoms with Gasteiger partial charge in [0.05, 0.1) is 31.7 Å². The number of likely N-dealkylation sites (tertiary alicyclic amines) is 1. The van der Waals surface area contributed by atoms with Crippen LogP contribution in [0.1, 0.15) is 161 Å². The molecule has 570 valence electrons. The van der Waals surface area contributed by atoms with Crippen molar-refractivity contribution >= 4 is 71.1 Å². The Labute approximate surface area is 625 Å². The summed E-state index contributed by atoms with van der Waals surface area (Å²) in [6.07, 6.45) is -2.22. The lowest BCUT2D eigenvalue weighted by atomic mass is 9.77. The second kappa shape index (κ2) is 36.8. The topological polar surface area (TPSA) is 369 Å². The summed E-state index contributed by atoms with van der Waals surface area (Å²) in [5.41, 5.74) is 3.16. The molecule has 0 saturated carbocycles. The number of hydrogen-bond acceptors (Lipinski definition) is 15. The predicted octanol–water partition coefficient (Wildman–Crippen LogP) is 6.87. The molecule has 1 fully saturated rings. The Morgan fingerprint density at radius 1 is 0.458 bits per heavy atom. The van der Waals surface area contributed by atoms with Gasteiger partial charge < -0.3 is 67.7 Å². The van der Waals surface area contributed by atoms with Crippen LogP contribution in [0.25, 0.3) is 0 Å². The summed E-state index contributed by atoms with van der Waals surface area (Å²) in [6, 6.07) is 43.1. The summed E-state index contributed by atoms with van der Waals surface area (Å²) < 4.78 is 11.0. The maximum atomic E-state index is 15.4. The minimum atomic E-state index is -2.03. The highest BCUT2D eigenvalue weighted by Gasteiger charge is 2.45. The predicted molar refractivity (Wildman–Crippen MR) is 401 cm³/mol. The Kier molecular flexibility index (Phi) is 28.6. The van der Waals surface area contributed by atoms with Gasteiger partial charge in [0, 0.05) is 6.54 Å². The first kappa shape index (κ1) is 83.2. The van der Waals surface area contributed by atoms with Crippen molar-refractivity contribution in [1.29, 1.82) is 0 Å². The Hall–Kier alpha value is -11.1. The van der Waals surface area contributed by atoms with E-state index in [4.69, 9.17) is 15.2 Å². The number of carboxylic acid groups (broad SMARTS) is 1. The number of nitrogens with two attached hydrogens (primary N) is 1. The van der Waals surface area contributed by atoms with E-state index < -0.39 is 179 Å². The second-order valence-corrected chi connectivity index (χ2v) is 29.8. The number of hydrogen-bond donors (Lipinski definition) is 10. The minimum absolute atomic E-state index is 0.0992. The highest BCUT2D eigenvalue weighted by Crippen LogP contribution is 2.39. The van der Waals surface area contributed by atoms with Gasteiger partial charge >= 0.3 is 17.9 Å². The molecular formula is C82H102N10O15. The van der Waals surface area contributed by atoms with Gasteiger partial charge in [-0.3, -0.25) is 52.7 Å². The average molecular weight is 1470 g/mol. The van der Waals surface area contributed by atoms with Crippen LogP contribution in [-0.4, -0.2) is 147 Å². The van der Waals surface area contributed by atoms with Gasteiger partial charge in [0.25, 0.3) is 0 Å². The van der Waals surface area contributed by atoms with Gasteiger partial charge in [-0.2, -0.15) is 0 Å². The van der Waals surface area contributed by atoms with E-state index in [9.17, 15) is 43.5 Å². The van der Waals surface area contributed by atoms with E-state index >= 15 is 19.2 Å². The number of amides is 9. The quantitative estimate of drug-likeness (QED) is 0.0148. The Morgan fingerprint density at radius 2 is 0.813 bits per heavy atom. The monoisotopic (exact) mass is 1470 g/mol. The molecule has 0 radical (unpaired) electrons. The molecule has 25 nitrogen and oxygen atoms in total. The SMILES string of the molecule is CC[C@H](C)[C@H](NC(=O)C(C)(C)NC(=O)[C@H](CC(=O)OC(C)(C)C)NC(=O)[C@H](CC(=O)NC(c1ccccc1)(c1ccccc1)c1ccccc1)NC(=O)[C@@H](NC(=O)[C@@H]1CCCN1C(=O)[C@@H](N)CC(=O)OC(C)(C)C)C(C)C)C(=O)N[C@@H](CC(=O)NC(c1ccccc1)(c1ccccc1)c1ccccc1)C(=O)O. The van der Waals surface area contributed by atoms with Gasteiger partial charge in [-0.15, -0.1) is 0 Å². The lowest BCUT2D eigenvalue weighted by Gasteiger charge is -2.37. The summed E-state index contributed by atoms with van der Waals surface area (Å²) in [4.78, 5) is 174. The van der Waals surface area contributed by atoms with E-state index in [1.165, 1.54) is 18.7 Å². The van der Waals surface area contributed by atoms with Crippen LogP contribution in [-0.2, 0) is 78.1 Å². The molecule has 1 heterocycles. The molecule has 0 aliphatic carbocycles. The molecule has 0 spiro atoms. The average Bonchev–Trinajstić information content (AvgIpc) is 1.14. The van der Waals surface area contributed by atoms with Crippen molar-refractivity contribution in [3.8, 4) is 0 Å². The van der Waals surface area contributed by atoms with Gasteiger partial charge in [-0.05, 0) is 113 Å². The van der Waals surface area contributed by atoms with E-state index in [1.807, 2.05) is 127 Å². The first-order valence-electron chi connectivity index (χ1n) is 36.0. The number of carboxylic acids is 1. The van der Waals surface area contributed by atoms with Crippen LogP contribution in [0.3, 0.4) is 0 Å². The highest BCUT2D eigenvalue weighted by atomic mass is 16.6. The molecule has 0 unspecified atom stereocenters. The van der Waals surface area contributed by atoms with Gasteiger partial charge in [0.15, 0.2) is 0 Å². The van der Waals surface area contributed by atoms with Gasteiger partial charge in [0.1, 0.15) is 64.1 Å². The molecule has 6 aromatic rings. The van der Waals surface area contributed by atoms with Crippen LogP contribution in [0.5, 0.6) is 0 Å². The molecule has 1 aliphatic heterocycles. The normalized spacial score (nSPS) is 15.2. The maximum absolute atomic E-state index is 15.4. The molecule has 0 bridgehead atoms. The van der Waals surface area contributed by atoms with E-state index in [1.54, 1.807) is 124 Å².